The number of aryl methyl sites for hydroxylation is 1. The van der Waals surface area contributed by atoms with Crippen LogP contribution in [0, 0.1) is 12.8 Å². The van der Waals surface area contributed by atoms with Crippen molar-refractivity contribution in [2.45, 2.75) is 39.8 Å². The second-order valence-electron chi connectivity index (χ2n) is 6.23. The number of carbonyl (C=O) groups excluding carboxylic acids is 1. The minimum absolute atomic E-state index is 0.0574. The van der Waals surface area contributed by atoms with E-state index in [0.717, 1.165) is 38.3 Å². The Kier molecular flexibility index (Phi) is 5.72. The van der Waals surface area contributed by atoms with Gasteiger partial charge in [0.2, 0.25) is 5.91 Å². The van der Waals surface area contributed by atoms with Gasteiger partial charge < -0.3 is 4.90 Å². The van der Waals surface area contributed by atoms with Crippen LogP contribution in [0.2, 0.25) is 0 Å². The van der Waals surface area contributed by atoms with E-state index in [1.165, 1.54) is 11.6 Å². The molecular weight excluding hydrogens is 274 g/mol. The number of carbonyl (C=O) groups is 1. The van der Waals surface area contributed by atoms with E-state index in [2.05, 4.69) is 42.4 Å². The molecule has 120 valence electrons. The molecule has 4 nitrogen and oxygen atoms in total. The van der Waals surface area contributed by atoms with E-state index in [1.54, 1.807) is 0 Å². The van der Waals surface area contributed by atoms with Crippen LogP contribution in [0.5, 0.6) is 0 Å². The fraction of sp³-hybridized carbons (Fsp3) is 0.556. The second kappa shape index (κ2) is 7.54. The molecule has 1 aromatic rings. The molecule has 0 aromatic carbocycles. The highest BCUT2D eigenvalue weighted by atomic mass is 16.2. The number of hydrogen-bond donors (Lipinski definition) is 0. The summed E-state index contributed by atoms with van der Waals surface area (Å²) in [4.78, 5) is 20.9. The number of nitrogens with zero attached hydrogens (tertiary/aromatic N) is 3. The molecule has 1 saturated heterocycles. The first kappa shape index (κ1) is 16.7. The van der Waals surface area contributed by atoms with E-state index >= 15 is 0 Å². The molecule has 2 rings (SSSR count). The first-order valence-electron chi connectivity index (χ1n) is 8.12. The molecule has 1 amide bonds. The van der Waals surface area contributed by atoms with E-state index < -0.39 is 0 Å². The third-order valence-corrected chi connectivity index (χ3v) is 4.64. The maximum absolute atomic E-state index is 12.1. The van der Waals surface area contributed by atoms with Crippen LogP contribution in [-0.2, 0) is 11.3 Å². The van der Waals surface area contributed by atoms with Crippen molar-refractivity contribution in [3.63, 3.8) is 0 Å². The molecule has 1 aliphatic rings. The standard InChI is InChI=1S/C18H27N3O/c1-5-14(3)17-13-20(9-10-21(17)18(22)6-2)12-16-8-7-15(4)19-11-16/h6-8,11,14,17H,2,5,9-10,12-13H2,1,3-4H3. The van der Waals surface area contributed by atoms with Crippen LogP contribution in [0.15, 0.2) is 31.0 Å². The van der Waals surface area contributed by atoms with Gasteiger partial charge in [0.25, 0.3) is 0 Å². The van der Waals surface area contributed by atoms with E-state index in [1.807, 2.05) is 18.0 Å². The zero-order chi connectivity index (χ0) is 16.1. The fourth-order valence-corrected chi connectivity index (χ4v) is 3.01. The molecule has 22 heavy (non-hydrogen) atoms. The van der Waals surface area contributed by atoms with Crippen LogP contribution in [0.1, 0.15) is 31.5 Å². The van der Waals surface area contributed by atoms with Crippen LogP contribution in [-0.4, -0.2) is 46.4 Å². The average molecular weight is 301 g/mol. The number of amides is 1. The van der Waals surface area contributed by atoms with Gasteiger partial charge in [-0.3, -0.25) is 14.7 Å². The number of rotatable bonds is 5. The number of piperazine rings is 1. The molecular formula is C18H27N3O. The molecule has 1 aliphatic heterocycles. The summed E-state index contributed by atoms with van der Waals surface area (Å²) in [7, 11) is 0. The summed E-state index contributed by atoms with van der Waals surface area (Å²) >= 11 is 0. The van der Waals surface area contributed by atoms with Crippen molar-refractivity contribution in [2.75, 3.05) is 19.6 Å². The average Bonchev–Trinajstić information content (AvgIpc) is 2.55. The molecule has 0 radical (unpaired) electrons. The van der Waals surface area contributed by atoms with Gasteiger partial charge in [-0.1, -0.05) is 32.9 Å². The first-order chi connectivity index (χ1) is 10.5. The quantitative estimate of drug-likeness (QED) is 0.785. The second-order valence-corrected chi connectivity index (χ2v) is 6.23. The lowest BCUT2D eigenvalue weighted by Gasteiger charge is -2.43. The SMILES string of the molecule is C=CC(=O)N1CCN(Cc2ccc(C)nc2)CC1C(C)CC. The summed E-state index contributed by atoms with van der Waals surface area (Å²) in [6, 6.07) is 4.46. The Morgan fingerprint density at radius 2 is 2.27 bits per heavy atom. The van der Waals surface area contributed by atoms with Gasteiger partial charge in [0.1, 0.15) is 0 Å². The van der Waals surface area contributed by atoms with Gasteiger partial charge in [-0.05, 0) is 30.5 Å². The van der Waals surface area contributed by atoms with Crippen molar-refractivity contribution < 1.29 is 4.79 Å². The van der Waals surface area contributed by atoms with Crippen molar-refractivity contribution in [1.29, 1.82) is 0 Å². The Morgan fingerprint density at radius 3 is 2.86 bits per heavy atom. The van der Waals surface area contributed by atoms with Gasteiger partial charge >= 0.3 is 0 Å². The van der Waals surface area contributed by atoms with Crippen LogP contribution in [0.4, 0.5) is 0 Å². The zero-order valence-corrected chi connectivity index (χ0v) is 14.0. The van der Waals surface area contributed by atoms with Crippen LogP contribution in [0.3, 0.4) is 0 Å². The third-order valence-electron chi connectivity index (χ3n) is 4.64. The van der Waals surface area contributed by atoms with Crippen LogP contribution >= 0.6 is 0 Å². The Balaban J connectivity index is 2.05. The van der Waals surface area contributed by atoms with E-state index in [0.29, 0.717) is 5.92 Å². The largest absolute Gasteiger partial charge is 0.333 e. The maximum atomic E-state index is 12.1. The van der Waals surface area contributed by atoms with Gasteiger partial charge in [0.05, 0.1) is 0 Å². The van der Waals surface area contributed by atoms with Crippen LogP contribution < -0.4 is 0 Å². The minimum atomic E-state index is 0.0574. The number of hydrogen-bond acceptors (Lipinski definition) is 3. The monoisotopic (exact) mass is 301 g/mol. The Morgan fingerprint density at radius 1 is 1.50 bits per heavy atom. The first-order valence-corrected chi connectivity index (χ1v) is 8.12. The third kappa shape index (κ3) is 3.95. The summed E-state index contributed by atoms with van der Waals surface area (Å²) in [6.45, 7) is 13.5. The maximum Gasteiger partial charge on any atom is 0.246 e. The predicted molar refractivity (Wildman–Crippen MR) is 89.4 cm³/mol. The van der Waals surface area contributed by atoms with Gasteiger partial charge in [-0.2, -0.15) is 0 Å². The lowest BCUT2D eigenvalue weighted by atomic mass is 9.95. The molecule has 0 spiro atoms. The lowest BCUT2D eigenvalue weighted by Crippen LogP contribution is -2.56. The smallest absolute Gasteiger partial charge is 0.246 e. The Labute approximate surface area is 133 Å². The summed E-state index contributed by atoms with van der Waals surface area (Å²) in [5.74, 6) is 0.546. The molecule has 2 atom stereocenters. The molecule has 1 aromatic heterocycles. The Hall–Kier alpha value is -1.68. The topological polar surface area (TPSA) is 36.4 Å². The Bertz CT molecular complexity index is 512. The van der Waals surface area contributed by atoms with E-state index in [-0.39, 0.29) is 11.9 Å². The lowest BCUT2D eigenvalue weighted by molar-refractivity contribution is -0.132. The van der Waals surface area contributed by atoms with Gasteiger partial charge in [-0.25, -0.2) is 0 Å². The van der Waals surface area contributed by atoms with Crippen molar-refractivity contribution in [2.24, 2.45) is 5.92 Å². The summed E-state index contributed by atoms with van der Waals surface area (Å²) in [5.41, 5.74) is 2.28. The summed E-state index contributed by atoms with van der Waals surface area (Å²) < 4.78 is 0. The summed E-state index contributed by atoms with van der Waals surface area (Å²) in [6.07, 6.45) is 4.47. The molecule has 0 saturated carbocycles. The van der Waals surface area contributed by atoms with Gasteiger partial charge in [-0.15, -0.1) is 0 Å². The highest BCUT2D eigenvalue weighted by Gasteiger charge is 2.32. The van der Waals surface area contributed by atoms with E-state index in [9.17, 15) is 4.79 Å². The van der Waals surface area contributed by atoms with Gasteiger partial charge in [0.15, 0.2) is 0 Å². The van der Waals surface area contributed by atoms with Crippen molar-refractivity contribution >= 4 is 5.91 Å². The zero-order valence-electron chi connectivity index (χ0n) is 14.0. The molecule has 2 heterocycles. The van der Waals surface area contributed by atoms with E-state index in [4.69, 9.17) is 0 Å². The molecule has 4 heteroatoms. The van der Waals surface area contributed by atoms with Crippen LogP contribution in [0.25, 0.3) is 0 Å². The number of aromatic nitrogens is 1. The minimum Gasteiger partial charge on any atom is -0.333 e. The van der Waals surface area contributed by atoms with Crippen molar-refractivity contribution in [3.8, 4) is 0 Å². The molecule has 0 aliphatic carbocycles. The summed E-state index contributed by atoms with van der Waals surface area (Å²) in [5, 5.41) is 0. The van der Waals surface area contributed by atoms with Crippen molar-refractivity contribution in [1.82, 2.24) is 14.8 Å². The highest BCUT2D eigenvalue weighted by molar-refractivity contribution is 5.87. The fourth-order valence-electron chi connectivity index (χ4n) is 3.01. The highest BCUT2D eigenvalue weighted by Crippen LogP contribution is 2.21. The molecule has 2 unspecified atom stereocenters. The number of pyridine rings is 1. The molecule has 0 N–H and O–H groups in total. The van der Waals surface area contributed by atoms with Crippen molar-refractivity contribution in [3.05, 3.63) is 42.2 Å². The normalized spacial score (nSPS) is 20.7. The van der Waals surface area contributed by atoms with Gasteiger partial charge in [0, 0.05) is 44.1 Å². The molecule has 0 bridgehead atoms. The predicted octanol–water partition coefficient (Wildman–Crippen LogP) is 2.63. The molecule has 1 fully saturated rings.